The molecule has 0 spiro atoms. The molecule has 1 atom stereocenters. The molecule has 22 heavy (non-hydrogen) atoms. The minimum absolute atomic E-state index is 0.268. The van der Waals surface area contributed by atoms with Crippen LogP contribution in [0.4, 0.5) is 5.69 Å². The molecule has 1 fully saturated rings. The monoisotopic (exact) mass is 302 g/mol. The van der Waals surface area contributed by atoms with E-state index in [2.05, 4.69) is 42.7 Å². The first-order valence-corrected chi connectivity index (χ1v) is 8.74. The van der Waals surface area contributed by atoms with Crippen LogP contribution < -0.4 is 4.90 Å². The lowest BCUT2D eigenvalue weighted by molar-refractivity contribution is 0.0949. The minimum Gasteiger partial charge on any atom is -0.372 e. The Morgan fingerprint density at radius 1 is 1.23 bits per heavy atom. The van der Waals surface area contributed by atoms with Gasteiger partial charge in [0.25, 0.3) is 0 Å². The number of ketones is 1. The molecule has 1 aliphatic rings. The second-order valence-electron chi connectivity index (χ2n) is 6.44. The number of hydrogen-bond acceptors (Lipinski definition) is 3. The molecular formula is C19H30N2O. The molecular weight excluding hydrogens is 272 g/mol. The van der Waals surface area contributed by atoms with Crippen molar-refractivity contribution in [1.82, 2.24) is 4.90 Å². The van der Waals surface area contributed by atoms with Crippen LogP contribution in [0.2, 0.25) is 0 Å². The highest BCUT2D eigenvalue weighted by Crippen LogP contribution is 2.18. The smallest absolute Gasteiger partial charge is 0.164 e. The lowest BCUT2D eigenvalue weighted by Gasteiger charge is -2.30. The number of anilines is 1. The van der Waals surface area contributed by atoms with E-state index in [-0.39, 0.29) is 5.78 Å². The molecule has 1 unspecified atom stereocenters. The van der Waals surface area contributed by atoms with Crippen molar-refractivity contribution in [2.45, 2.75) is 40.0 Å². The van der Waals surface area contributed by atoms with E-state index < -0.39 is 0 Å². The zero-order valence-electron chi connectivity index (χ0n) is 14.3. The van der Waals surface area contributed by atoms with Gasteiger partial charge in [-0.1, -0.05) is 6.92 Å². The van der Waals surface area contributed by atoms with Crippen LogP contribution in [-0.4, -0.2) is 43.4 Å². The fraction of sp³-hybridized carbons (Fsp3) is 0.632. The number of Topliss-reactive ketones (excluding diaryl/α,β-unsaturated/α-hetero) is 1. The first kappa shape index (κ1) is 17.0. The predicted molar refractivity (Wildman–Crippen MR) is 93.8 cm³/mol. The topological polar surface area (TPSA) is 23.6 Å². The van der Waals surface area contributed by atoms with E-state index in [0.717, 1.165) is 44.2 Å². The van der Waals surface area contributed by atoms with Gasteiger partial charge in [0, 0.05) is 43.9 Å². The Kier molecular flexibility index (Phi) is 6.44. The average molecular weight is 302 g/mol. The number of rotatable bonds is 7. The summed E-state index contributed by atoms with van der Waals surface area (Å²) in [6.45, 7) is 11.8. The van der Waals surface area contributed by atoms with Gasteiger partial charge in [-0.05, 0) is 63.4 Å². The number of piperidine rings is 1. The van der Waals surface area contributed by atoms with Gasteiger partial charge in [-0.15, -0.1) is 0 Å². The molecule has 2 rings (SSSR count). The molecule has 3 nitrogen and oxygen atoms in total. The van der Waals surface area contributed by atoms with Crippen molar-refractivity contribution in [2.75, 3.05) is 37.6 Å². The molecule has 0 bridgehead atoms. The van der Waals surface area contributed by atoms with Crippen LogP contribution in [0, 0.1) is 5.92 Å². The second-order valence-corrected chi connectivity index (χ2v) is 6.44. The van der Waals surface area contributed by atoms with Crippen LogP contribution in [-0.2, 0) is 0 Å². The van der Waals surface area contributed by atoms with Gasteiger partial charge in [0.2, 0.25) is 0 Å². The number of nitrogens with zero attached hydrogens (tertiary/aromatic N) is 2. The van der Waals surface area contributed by atoms with Crippen molar-refractivity contribution in [1.29, 1.82) is 0 Å². The zero-order valence-corrected chi connectivity index (χ0v) is 14.3. The third-order valence-electron chi connectivity index (χ3n) is 4.71. The number of hydrogen-bond donors (Lipinski definition) is 0. The first-order valence-electron chi connectivity index (χ1n) is 8.74. The third kappa shape index (κ3) is 4.57. The highest BCUT2D eigenvalue weighted by atomic mass is 16.1. The van der Waals surface area contributed by atoms with E-state index in [1.54, 1.807) is 0 Å². The molecule has 0 radical (unpaired) electrons. The molecule has 0 amide bonds. The van der Waals surface area contributed by atoms with Gasteiger partial charge in [-0.2, -0.15) is 0 Å². The van der Waals surface area contributed by atoms with Crippen LogP contribution in [0.25, 0.3) is 0 Å². The van der Waals surface area contributed by atoms with Crippen molar-refractivity contribution in [3.63, 3.8) is 0 Å². The number of likely N-dealkylation sites (tertiary alicyclic amines) is 1. The maximum absolute atomic E-state index is 12.3. The summed E-state index contributed by atoms with van der Waals surface area (Å²) in [4.78, 5) is 17.1. The van der Waals surface area contributed by atoms with Gasteiger partial charge >= 0.3 is 0 Å². The summed E-state index contributed by atoms with van der Waals surface area (Å²) in [6.07, 6.45) is 3.24. The summed E-state index contributed by atoms with van der Waals surface area (Å²) >= 11 is 0. The second kappa shape index (κ2) is 8.33. The average Bonchev–Trinajstić information content (AvgIpc) is 2.54. The summed E-state index contributed by atoms with van der Waals surface area (Å²) in [5, 5.41) is 0. The molecule has 1 heterocycles. The van der Waals surface area contributed by atoms with E-state index >= 15 is 0 Å². The van der Waals surface area contributed by atoms with Crippen LogP contribution in [0.15, 0.2) is 24.3 Å². The maximum Gasteiger partial charge on any atom is 0.164 e. The Hall–Kier alpha value is -1.35. The Morgan fingerprint density at radius 2 is 1.91 bits per heavy atom. The molecule has 0 aliphatic carbocycles. The quantitative estimate of drug-likeness (QED) is 0.715. The van der Waals surface area contributed by atoms with E-state index in [1.807, 2.05) is 12.1 Å². The van der Waals surface area contributed by atoms with Crippen LogP contribution in [0.1, 0.15) is 50.4 Å². The summed E-state index contributed by atoms with van der Waals surface area (Å²) in [5.74, 6) is 1.04. The maximum atomic E-state index is 12.3. The van der Waals surface area contributed by atoms with Crippen LogP contribution in [0.5, 0.6) is 0 Å². The Labute approximate surface area is 135 Å². The van der Waals surface area contributed by atoms with Crippen molar-refractivity contribution >= 4 is 11.5 Å². The first-order chi connectivity index (χ1) is 10.6. The summed E-state index contributed by atoms with van der Waals surface area (Å²) in [5.41, 5.74) is 2.05. The van der Waals surface area contributed by atoms with Gasteiger partial charge in [0.15, 0.2) is 5.78 Å². The molecule has 122 valence electrons. The fourth-order valence-electron chi connectivity index (χ4n) is 3.34. The lowest BCUT2D eigenvalue weighted by Crippen LogP contribution is -2.35. The molecule has 3 heteroatoms. The van der Waals surface area contributed by atoms with Gasteiger partial charge in [-0.3, -0.25) is 4.79 Å². The Balaban J connectivity index is 1.87. The molecule has 1 aromatic rings. The zero-order chi connectivity index (χ0) is 15.9. The summed E-state index contributed by atoms with van der Waals surface area (Å²) < 4.78 is 0. The van der Waals surface area contributed by atoms with E-state index in [0.29, 0.717) is 6.42 Å². The fourth-order valence-corrected chi connectivity index (χ4v) is 3.34. The van der Waals surface area contributed by atoms with Crippen molar-refractivity contribution in [3.05, 3.63) is 29.8 Å². The molecule has 0 saturated carbocycles. The number of benzene rings is 1. The molecule has 1 saturated heterocycles. The highest BCUT2D eigenvalue weighted by Gasteiger charge is 2.17. The third-order valence-corrected chi connectivity index (χ3v) is 4.71. The minimum atomic E-state index is 0.268. The summed E-state index contributed by atoms with van der Waals surface area (Å²) in [6, 6.07) is 8.11. The molecule has 0 N–H and O–H groups in total. The lowest BCUT2D eigenvalue weighted by atomic mass is 9.99. The molecule has 0 aromatic heterocycles. The molecule has 1 aromatic carbocycles. The Bertz CT molecular complexity index is 465. The SMILES string of the molecule is CCN(CC)c1ccc(C(=O)CCN2CCCC(C)C2)cc1. The van der Waals surface area contributed by atoms with Gasteiger partial charge in [0.1, 0.15) is 0 Å². The predicted octanol–water partition coefficient (Wildman–Crippen LogP) is 3.84. The van der Waals surface area contributed by atoms with Gasteiger partial charge in [0.05, 0.1) is 0 Å². The van der Waals surface area contributed by atoms with Crippen molar-refractivity contribution in [2.24, 2.45) is 5.92 Å². The van der Waals surface area contributed by atoms with Gasteiger partial charge in [-0.25, -0.2) is 0 Å². The summed E-state index contributed by atoms with van der Waals surface area (Å²) in [7, 11) is 0. The standard InChI is InChI=1S/C19H30N2O/c1-4-21(5-2)18-10-8-17(9-11-18)19(22)12-14-20-13-6-7-16(3)15-20/h8-11,16H,4-7,12-15H2,1-3H3. The Morgan fingerprint density at radius 3 is 2.50 bits per heavy atom. The highest BCUT2D eigenvalue weighted by molar-refractivity contribution is 5.96. The van der Waals surface area contributed by atoms with Crippen LogP contribution >= 0.6 is 0 Å². The van der Waals surface area contributed by atoms with Crippen LogP contribution in [0.3, 0.4) is 0 Å². The van der Waals surface area contributed by atoms with Gasteiger partial charge < -0.3 is 9.80 Å². The van der Waals surface area contributed by atoms with Crippen molar-refractivity contribution in [3.8, 4) is 0 Å². The number of carbonyl (C=O) groups excluding carboxylic acids is 1. The van der Waals surface area contributed by atoms with Crippen molar-refractivity contribution < 1.29 is 4.79 Å². The molecule has 1 aliphatic heterocycles. The number of carbonyl (C=O) groups is 1. The largest absolute Gasteiger partial charge is 0.372 e. The normalized spacial score (nSPS) is 19.1. The van der Waals surface area contributed by atoms with E-state index in [9.17, 15) is 4.79 Å². The van der Waals surface area contributed by atoms with E-state index in [1.165, 1.54) is 18.5 Å². The van der Waals surface area contributed by atoms with E-state index in [4.69, 9.17) is 0 Å².